The number of imidazole rings is 1. The molecule has 2 aliphatic heterocycles. The lowest BCUT2D eigenvalue weighted by molar-refractivity contribution is -0.677. The van der Waals surface area contributed by atoms with E-state index in [1.54, 1.807) is 13.1 Å². The average molecular weight is 274 g/mol. The van der Waals surface area contributed by atoms with E-state index >= 15 is 0 Å². The van der Waals surface area contributed by atoms with Crippen molar-refractivity contribution >= 4 is 23.7 Å². The number of urea groups is 1. The predicted molar refractivity (Wildman–Crippen MR) is 71.6 cm³/mol. The third-order valence-electron chi connectivity index (χ3n) is 3.76. The van der Waals surface area contributed by atoms with Crippen molar-refractivity contribution < 1.29 is 14.2 Å². The molecule has 2 aliphatic rings. The molecule has 1 aromatic heterocycles. The minimum atomic E-state index is -0.553. The molecule has 3 rings (SSSR count). The van der Waals surface area contributed by atoms with E-state index in [1.807, 2.05) is 22.3 Å². The predicted octanol–water partition coefficient (Wildman–Crippen LogP) is 0.379. The third-order valence-corrected chi connectivity index (χ3v) is 3.76. The largest absolute Gasteiger partial charge is 0.402 e. The van der Waals surface area contributed by atoms with Gasteiger partial charge in [0, 0.05) is 14.1 Å². The Morgan fingerprint density at radius 1 is 1.40 bits per heavy atom. The number of nitrogens with zero attached hydrogens (tertiary/aromatic N) is 5. The number of aryl methyl sites for hydroxylation is 1. The van der Waals surface area contributed by atoms with Gasteiger partial charge in [-0.25, -0.2) is 13.9 Å². The zero-order chi connectivity index (χ0) is 14.6. The van der Waals surface area contributed by atoms with Gasteiger partial charge in [-0.05, 0) is 6.92 Å². The van der Waals surface area contributed by atoms with Crippen LogP contribution in [0.3, 0.4) is 0 Å². The number of aromatic nitrogens is 2. The van der Waals surface area contributed by atoms with Crippen LogP contribution in [0, 0.1) is 6.92 Å². The second-order valence-electron chi connectivity index (χ2n) is 4.99. The summed E-state index contributed by atoms with van der Waals surface area (Å²) in [7, 11) is 3.12. The van der Waals surface area contributed by atoms with Gasteiger partial charge in [0.25, 0.3) is 5.91 Å². The molecule has 104 valence electrons. The number of carbonyl (C=O) groups excluding carboxylic acids is 2. The number of amides is 3. The number of carbonyl (C=O) groups is 2. The minimum absolute atomic E-state index is 0.258. The molecule has 0 N–H and O–H groups in total. The van der Waals surface area contributed by atoms with Gasteiger partial charge < -0.3 is 0 Å². The Morgan fingerprint density at radius 3 is 2.75 bits per heavy atom. The Bertz CT molecular complexity index is 673. The maximum absolute atomic E-state index is 12.4. The lowest BCUT2D eigenvalue weighted by Gasteiger charge is -2.30. The van der Waals surface area contributed by atoms with Gasteiger partial charge in [-0.1, -0.05) is 17.6 Å². The molecule has 1 fully saturated rings. The smallest absolute Gasteiger partial charge is 0.270 e. The fourth-order valence-electron chi connectivity index (χ4n) is 2.67. The van der Waals surface area contributed by atoms with Crippen molar-refractivity contribution in [2.45, 2.75) is 19.5 Å². The highest BCUT2D eigenvalue weighted by Crippen LogP contribution is 2.28. The van der Waals surface area contributed by atoms with Gasteiger partial charge in [0.05, 0.1) is 6.54 Å². The summed E-state index contributed by atoms with van der Waals surface area (Å²) in [6, 6.07) is -0.912. The maximum atomic E-state index is 12.4. The van der Waals surface area contributed by atoms with Gasteiger partial charge in [-0.15, -0.1) is 0 Å². The van der Waals surface area contributed by atoms with E-state index in [9.17, 15) is 9.59 Å². The van der Waals surface area contributed by atoms with Crippen molar-refractivity contribution in [1.82, 2.24) is 14.4 Å². The number of amidine groups is 1. The molecule has 1 aromatic rings. The summed E-state index contributed by atoms with van der Waals surface area (Å²) in [5.74, 6) is 0.892. The summed E-state index contributed by atoms with van der Waals surface area (Å²) in [4.78, 5) is 31.3. The molecule has 7 heteroatoms. The second kappa shape index (κ2) is 4.03. The highest BCUT2D eigenvalue weighted by atomic mass is 16.2. The average Bonchev–Trinajstić information content (AvgIpc) is 2.92. The second-order valence-corrected chi connectivity index (χ2v) is 4.99. The number of imide groups is 1. The van der Waals surface area contributed by atoms with E-state index in [2.05, 4.69) is 11.6 Å². The number of fused-ring (bicyclic) bond motifs is 3. The van der Waals surface area contributed by atoms with Crippen LogP contribution in [0.1, 0.15) is 11.7 Å². The summed E-state index contributed by atoms with van der Waals surface area (Å²) in [6.07, 6.45) is 3.66. The summed E-state index contributed by atoms with van der Waals surface area (Å²) in [6.45, 7) is 6.29. The fraction of sp³-hybridized carbons (Fsp3) is 0.385. The SMILES string of the molecule is C=CCn1c(C)c[n+]2c1N=C1C2C(=O)N(C)C(=O)N1C. The van der Waals surface area contributed by atoms with Crippen LogP contribution in [-0.2, 0) is 11.3 Å². The van der Waals surface area contributed by atoms with E-state index < -0.39 is 6.04 Å². The summed E-state index contributed by atoms with van der Waals surface area (Å²) in [5, 5.41) is 0. The normalized spacial score (nSPS) is 20.9. The Kier molecular flexibility index (Phi) is 2.53. The molecule has 3 heterocycles. The molecule has 7 nitrogen and oxygen atoms in total. The number of aliphatic imine (C=N–C) groups is 1. The number of allylic oxidation sites excluding steroid dienone is 1. The first-order valence-corrected chi connectivity index (χ1v) is 6.33. The molecule has 20 heavy (non-hydrogen) atoms. The third kappa shape index (κ3) is 1.40. The van der Waals surface area contributed by atoms with Crippen LogP contribution in [0.15, 0.2) is 23.8 Å². The minimum Gasteiger partial charge on any atom is -0.270 e. The van der Waals surface area contributed by atoms with Crippen LogP contribution in [0.25, 0.3) is 0 Å². The molecule has 0 bridgehead atoms. The molecule has 1 saturated heterocycles. The van der Waals surface area contributed by atoms with Crippen LogP contribution < -0.4 is 4.57 Å². The quantitative estimate of drug-likeness (QED) is 0.578. The van der Waals surface area contributed by atoms with Crippen LogP contribution in [0.2, 0.25) is 0 Å². The van der Waals surface area contributed by atoms with Gasteiger partial charge in [-0.3, -0.25) is 14.6 Å². The van der Waals surface area contributed by atoms with Crippen LogP contribution in [-0.4, -0.2) is 46.2 Å². The highest BCUT2D eigenvalue weighted by Gasteiger charge is 2.51. The van der Waals surface area contributed by atoms with Crippen molar-refractivity contribution in [3.63, 3.8) is 0 Å². The van der Waals surface area contributed by atoms with E-state index in [4.69, 9.17) is 0 Å². The molecule has 0 aromatic carbocycles. The van der Waals surface area contributed by atoms with Crippen molar-refractivity contribution in [1.29, 1.82) is 0 Å². The Labute approximate surface area is 116 Å². The van der Waals surface area contributed by atoms with E-state index in [0.29, 0.717) is 18.3 Å². The standard InChI is InChI=1S/C13H16N5O2/c1-5-6-17-8(2)7-18-9-10(14-12(17)18)15(3)13(20)16(4)11(9)19/h5,7,9H,1,6H2,2-4H3/q+1. The first-order valence-electron chi connectivity index (χ1n) is 6.33. The van der Waals surface area contributed by atoms with E-state index in [1.165, 1.54) is 11.9 Å². The molecule has 0 aliphatic carbocycles. The molecule has 0 spiro atoms. The fourth-order valence-corrected chi connectivity index (χ4v) is 2.67. The van der Waals surface area contributed by atoms with Crippen molar-refractivity contribution in [3.05, 3.63) is 24.5 Å². The number of rotatable bonds is 2. The van der Waals surface area contributed by atoms with Crippen LogP contribution in [0.5, 0.6) is 0 Å². The number of hydrogen-bond donors (Lipinski definition) is 0. The Hall–Kier alpha value is -2.44. The lowest BCUT2D eigenvalue weighted by Crippen LogP contribution is -2.61. The molecule has 0 saturated carbocycles. The molecule has 1 atom stereocenters. The van der Waals surface area contributed by atoms with Gasteiger partial charge >= 0.3 is 12.0 Å². The first-order chi connectivity index (χ1) is 9.47. The zero-order valence-electron chi connectivity index (χ0n) is 11.7. The number of hydrogen-bond acceptors (Lipinski definition) is 3. The topological polar surface area (TPSA) is 61.8 Å². The van der Waals surface area contributed by atoms with Gasteiger partial charge in [0.2, 0.25) is 11.9 Å². The monoisotopic (exact) mass is 274 g/mol. The summed E-state index contributed by atoms with van der Waals surface area (Å²) >= 11 is 0. The first kappa shape index (κ1) is 12.6. The summed E-state index contributed by atoms with van der Waals surface area (Å²) < 4.78 is 3.78. The van der Waals surface area contributed by atoms with Crippen molar-refractivity contribution in [2.75, 3.05) is 14.1 Å². The molecule has 1 unspecified atom stereocenters. The van der Waals surface area contributed by atoms with Gasteiger partial charge in [0.1, 0.15) is 11.9 Å². The lowest BCUT2D eigenvalue weighted by atomic mass is 10.2. The Morgan fingerprint density at radius 2 is 2.10 bits per heavy atom. The molecular weight excluding hydrogens is 258 g/mol. The van der Waals surface area contributed by atoms with Crippen molar-refractivity contribution in [3.8, 4) is 0 Å². The molecule has 0 radical (unpaired) electrons. The zero-order valence-corrected chi connectivity index (χ0v) is 11.7. The maximum Gasteiger partial charge on any atom is 0.402 e. The number of likely N-dealkylation sites (N-methyl/N-ethyl adjacent to an activating group) is 2. The van der Waals surface area contributed by atoms with Gasteiger partial charge in [-0.2, -0.15) is 0 Å². The van der Waals surface area contributed by atoms with Gasteiger partial charge in [0.15, 0.2) is 0 Å². The van der Waals surface area contributed by atoms with Crippen LogP contribution in [0.4, 0.5) is 10.7 Å². The van der Waals surface area contributed by atoms with E-state index in [-0.39, 0.29) is 11.9 Å². The molecular formula is C13H16N5O2+. The Balaban J connectivity index is 2.17. The van der Waals surface area contributed by atoms with Crippen LogP contribution >= 0.6 is 0 Å². The summed E-state index contributed by atoms with van der Waals surface area (Å²) in [5.41, 5.74) is 0.998. The molecule has 3 amide bonds. The van der Waals surface area contributed by atoms with Crippen molar-refractivity contribution in [2.24, 2.45) is 4.99 Å². The van der Waals surface area contributed by atoms with E-state index in [0.717, 1.165) is 10.6 Å². The highest BCUT2D eigenvalue weighted by molar-refractivity contribution is 6.18.